The average molecular weight is 873 g/mol. The highest BCUT2D eigenvalue weighted by Crippen LogP contribution is 2.24. The number of hydrogen-bond acceptors (Lipinski definition) is 12. The van der Waals surface area contributed by atoms with Crippen LogP contribution >= 0.6 is 0 Å². The number of fused-ring (bicyclic) bond motifs is 1. The van der Waals surface area contributed by atoms with Crippen molar-refractivity contribution in [2.45, 2.75) is 147 Å². The number of aliphatic hydroxyl groups excluding tert-OH is 4. The van der Waals surface area contributed by atoms with Crippen molar-refractivity contribution in [3.63, 3.8) is 0 Å². The molecule has 0 radical (unpaired) electrons. The highest BCUT2D eigenvalue weighted by Gasteiger charge is 2.44. The lowest BCUT2D eigenvalue weighted by Crippen LogP contribution is -2.60. The zero-order valence-corrected chi connectivity index (χ0v) is 36.6. The predicted molar refractivity (Wildman–Crippen MR) is 230 cm³/mol. The Morgan fingerprint density at radius 2 is 1.21 bits per heavy atom. The number of benzene rings is 2. The summed E-state index contributed by atoms with van der Waals surface area (Å²) in [6, 6.07) is 8.38. The van der Waals surface area contributed by atoms with Crippen LogP contribution in [0, 0.1) is 17.8 Å². The van der Waals surface area contributed by atoms with Gasteiger partial charge in [-0.05, 0) is 66.2 Å². The fraction of sp³-hybridized carbons (Fsp3) is 0.636. The van der Waals surface area contributed by atoms with E-state index in [0.717, 1.165) is 16.3 Å². The van der Waals surface area contributed by atoms with Crippen LogP contribution in [0.1, 0.15) is 85.6 Å². The van der Waals surface area contributed by atoms with Crippen molar-refractivity contribution in [1.82, 2.24) is 26.6 Å². The van der Waals surface area contributed by atoms with Crippen LogP contribution in [0.2, 0.25) is 0 Å². The van der Waals surface area contributed by atoms with Gasteiger partial charge in [0.1, 0.15) is 42.5 Å². The van der Waals surface area contributed by atoms with Crippen molar-refractivity contribution >= 4 is 46.3 Å². The highest BCUT2D eigenvalue weighted by atomic mass is 16.5. The molecule has 1 aliphatic heterocycles. The van der Waals surface area contributed by atoms with Crippen LogP contribution in [-0.4, -0.2) is 135 Å². The Labute approximate surface area is 363 Å². The summed E-state index contributed by atoms with van der Waals surface area (Å²) in [5.41, 5.74) is 6.33. The van der Waals surface area contributed by atoms with Gasteiger partial charge in [-0.15, -0.1) is 0 Å². The SMILES string of the molecule is CC(C)CC(NC(=O)C(CC(C)C)NC(=O)C(CCC(N)=O)NCC(Cc1ccc2ccccc2c1)NC(=O)C(CC(C)C)NC(=O)CC1OC(CO)C(O)C(O)C1O)C(=O)O. The molecular weight excluding hydrogens is 805 g/mol. The van der Waals surface area contributed by atoms with E-state index in [1.807, 2.05) is 84.0 Å². The standard InChI is InChI=1S/C44H68N6O12/c1-23(2)15-31(48-37(53)20-34-38(54)40(56)39(55)35(22-51)62-34)42(58)47-29(19-26-11-12-27-9-7-8-10-28(27)18-26)21-46-30(13-14-36(45)52)41(57)49-32(16-24(3)4)43(59)50-33(44(60)61)17-25(5)6/h7-12,18,23-25,29-35,38-40,46,51,54-56H,13-17,19-22H2,1-6H3,(H2,45,52)(H,47,58)(H,48,53)(H,49,57)(H,50,59)(H,60,61). The van der Waals surface area contributed by atoms with Crippen molar-refractivity contribution in [2.75, 3.05) is 13.2 Å². The molecular formula is C44H68N6O12. The Hall–Kier alpha value is -4.72. The molecule has 0 saturated carbocycles. The minimum atomic E-state index is -1.68. The zero-order chi connectivity index (χ0) is 46.3. The third-order valence-electron chi connectivity index (χ3n) is 10.6. The van der Waals surface area contributed by atoms with Crippen molar-refractivity contribution in [3.8, 4) is 0 Å². The number of carboxylic acid groups (broad SMARTS) is 1. The molecule has 62 heavy (non-hydrogen) atoms. The molecule has 1 aliphatic rings. The quantitative estimate of drug-likeness (QED) is 0.0627. The Bertz CT molecular complexity index is 1810. The maximum atomic E-state index is 14.1. The van der Waals surface area contributed by atoms with Crippen LogP contribution in [0.3, 0.4) is 0 Å². The minimum Gasteiger partial charge on any atom is -0.480 e. The lowest BCUT2D eigenvalue weighted by molar-refractivity contribution is -0.229. The van der Waals surface area contributed by atoms with Crippen LogP contribution in [0.15, 0.2) is 42.5 Å². The molecule has 346 valence electrons. The third kappa shape index (κ3) is 16.5. The summed E-state index contributed by atoms with van der Waals surface area (Å²) < 4.78 is 5.50. The second-order valence-electron chi connectivity index (χ2n) is 17.6. The molecule has 10 atom stereocenters. The molecule has 1 heterocycles. The van der Waals surface area contributed by atoms with Gasteiger partial charge in [0.05, 0.1) is 25.2 Å². The first-order valence-electron chi connectivity index (χ1n) is 21.4. The number of aliphatic carboxylic acids is 1. The molecule has 2 aromatic rings. The molecule has 0 aromatic heterocycles. The molecule has 0 spiro atoms. The molecule has 12 N–H and O–H groups in total. The van der Waals surface area contributed by atoms with Crippen molar-refractivity contribution in [3.05, 3.63) is 48.0 Å². The largest absolute Gasteiger partial charge is 0.480 e. The van der Waals surface area contributed by atoms with Gasteiger partial charge in [0, 0.05) is 19.0 Å². The summed E-state index contributed by atoms with van der Waals surface area (Å²) in [5.74, 6) is -4.62. The monoisotopic (exact) mass is 872 g/mol. The van der Waals surface area contributed by atoms with Crippen LogP contribution in [0.4, 0.5) is 0 Å². The second kappa shape index (κ2) is 24.8. The van der Waals surface area contributed by atoms with Gasteiger partial charge in [0.2, 0.25) is 29.5 Å². The molecule has 18 heteroatoms. The van der Waals surface area contributed by atoms with Gasteiger partial charge in [-0.25, -0.2) is 4.79 Å². The van der Waals surface area contributed by atoms with Crippen molar-refractivity contribution < 1.29 is 59.0 Å². The van der Waals surface area contributed by atoms with Gasteiger partial charge in [-0.2, -0.15) is 0 Å². The number of aliphatic hydroxyl groups is 4. The zero-order valence-electron chi connectivity index (χ0n) is 36.6. The number of carbonyl (C=O) groups is 6. The highest BCUT2D eigenvalue weighted by molar-refractivity contribution is 5.92. The van der Waals surface area contributed by atoms with Crippen LogP contribution in [-0.2, 0) is 39.9 Å². The van der Waals surface area contributed by atoms with Crippen LogP contribution in [0.25, 0.3) is 10.8 Å². The van der Waals surface area contributed by atoms with E-state index in [9.17, 15) is 54.3 Å². The Kier molecular flexibility index (Phi) is 20.6. The normalized spacial score (nSPS) is 21.5. The number of carbonyl (C=O) groups excluding carboxylic acids is 5. The molecule has 3 rings (SSSR count). The van der Waals surface area contributed by atoms with E-state index in [4.69, 9.17) is 10.5 Å². The number of carboxylic acids is 1. The van der Waals surface area contributed by atoms with Crippen LogP contribution < -0.4 is 32.3 Å². The molecule has 18 nitrogen and oxygen atoms in total. The number of primary amides is 1. The lowest BCUT2D eigenvalue weighted by atomic mass is 9.93. The van der Waals surface area contributed by atoms with Gasteiger partial charge in [0.25, 0.3) is 0 Å². The predicted octanol–water partition coefficient (Wildman–Crippen LogP) is 0.000600. The summed E-state index contributed by atoms with van der Waals surface area (Å²) in [5, 5.41) is 66.4. The number of nitrogens with one attached hydrogen (secondary N) is 5. The first kappa shape index (κ1) is 51.6. The molecule has 0 aliphatic carbocycles. The van der Waals surface area contributed by atoms with E-state index in [2.05, 4.69) is 26.6 Å². The summed E-state index contributed by atoms with van der Waals surface area (Å²) >= 11 is 0. The topological polar surface area (TPSA) is 299 Å². The van der Waals surface area contributed by atoms with Gasteiger partial charge in [-0.3, -0.25) is 24.0 Å². The lowest BCUT2D eigenvalue weighted by Gasteiger charge is -2.40. The smallest absolute Gasteiger partial charge is 0.326 e. The minimum absolute atomic E-state index is 0.0286. The van der Waals surface area contributed by atoms with E-state index in [0.29, 0.717) is 0 Å². The number of nitrogens with two attached hydrogens (primary N) is 1. The number of hydrogen-bond donors (Lipinski definition) is 11. The fourth-order valence-corrected chi connectivity index (χ4v) is 7.45. The Morgan fingerprint density at radius 3 is 1.79 bits per heavy atom. The fourth-order valence-electron chi connectivity index (χ4n) is 7.45. The van der Waals surface area contributed by atoms with E-state index >= 15 is 0 Å². The first-order valence-corrected chi connectivity index (χ1v) is 21.4. The van der Waals surface area contributed by atoms with Gasteiger partial charge in [-0.1, -0.05) is 84.0 Å². The molecule has 0 bridgehead atoms. The number of rotatable bonds is 25. The van der Waals surface area contributed by atoms with Gasteiger partial charge < -0.3 is 62.6 Å². The van der Waals surface area contributed by atoms with Crippen molar-refractivity contribution in [1.29, 1.82) is 0 Å². The summed E-state index contributed by atoms with van der Waals surface area (Å²) in [7, 11) is 0. The molecule has 1 fully saturated rings. The average Bonchev–Trinajstić information content (AvgIpc) is 3.19. The maximum absolute atomic E-state index is 14.1. The van der Waals surface area contributed by atoms with E-state index in [1.54, 1.807) is 0 Å². The Balaban J connectivity index is 1.88. The summed E-state index contributed by atoms with van der Waals surface area (Å²) in [4.78, 5) is 78.8. The summed E-state index contributed by atoms with van der Waals surface area (Å²) in [6.07, 6.45) is -7.35. The van der Waals surface area contributed by atoms with Crippen LogP contribution in [0.5, 0.6) is 0 Å². The number of amides is 5. The van der Waals surface area contributed by atoms with Gasteiger partial charge in [0.15, 0.2) is 0 Å². The first-order chi connectivity index (χ1) is 29.2. The van der Waals surface area contributed by atoms with Crippen molar-refractivity contribution in [2.24, 2.45) is 23.5 Å². The van der Waals surface area contributed by atoms with E-state index in [-0.39, 0.29) is 62.8 Å². The number of ether oxygens (including phenoxy) is 1. The summed E-state index contributed by atoms with van der Waals surface area (Å²) in [6.45, 7) is 10.4. The molecule has 5 amide bonds. The molecule has 1 saturated heterocycles. The van der Waals surface area contributed by atoms with E-state index < -0.39 is 109 Å². The second-order valence-corrected chi connectivity index (χ2v) is 17.6. The Morgan fingerprint density at radius 1 is 0.677 bits per heavy atom. The van der Waals surface area contributed by atoms with E-state index in [1.165, 1.54) is 0 Å². The maximum Gasteiger partial charge on any atom is 0.326 e. The van der Waals surface area contributed by atoms with Gasteiger partial charge >= 0.3 is 5.97 Å². The third-order valence-corrected chi connectivity index (χ3v) is 10.6. The molecule has 2 aromatic carbocycles. The molecule has 10 unspecified atom stereocenters.